The molecule has 0 unspecified atom stereocenters. The Hall–Kier alpha value is -1.32. The van der Waals surface area contributed by atoms with Crippen LogP contribution < -0.4 is 11.1 Å². The zero-order chi connectivity index (χ0) is 13.0. The van der Waals surface area contributed by atoms with Crippen molar-refractivity contribution in [1.82, 2.24) is 5.32 Å². The van der Waals surface area contributed by atoms with Gasteiger partial charge in [-0.2, -0.15) is 0 Å². The van der Waals surface area contributed by atoms with Gasteiger partial charge in [0.25, 0.3) is 0 Å². The van der Waals surface area contributed by atoms with Crippen LogP contribution in [0.3, 0.4) is 0 Å². The summed E-state index contributed by atoms with van der Waals surface area (Å²) in [7, 11) is 0. The van der Waals surface area contributed by atoms with E-state index in [1.807, 2.05) is 23.5 Å². The third-order valence-electron chi connectivity index (χ3n) is 2.98. The third-order valence-corrected chi connectivity index (χ3v) is 4.21. The first-order valence-corrected chi connectivity index (χ1v) is 7.14. The molecule has 2 nitrogen and oxygen atoms in total. The number of hydrogen-bond acceptors (Lipinski definition) is 3. The van der Waals surface area contributed by atoms with Crippen LogP contribution in [-0.2, 0) is 19.5 Å². The van der Waals surface area contributed by atoms with Crippen LogP contribution in [0.1, 0.15) is 27.8 Å². The van der Waals surface area contributed by atoms with Gasteiger partial charge in [0.05, 0.1) is 0 Å². The smallest absolute Gasteiger partial charge is 0.0359 e. The van der Waals surface area contributed by atoms with E-state index in [0.29, 0.717) is 0 Å². The van der Waals surface area contributed by atoms with E-state index >= 15 is 0 Å². The summed E-state index contributed by atoms with van der Waals surface area (Å²) < 4.78 is 0. The molecule has 2 rings (SSSR count). The lowest BCUT2D eigenvalue weighted by Gasteiger charge is -2.07. The van der Waals surface area contributed by atoms with E-state index < -0.39 is 0 Å². The number of benzene rings is 1. The number of thiophene rings is 1. The lowest BCUT2D eigenvalue weighted by molar-refractivity contribution is 0.702. The molecule has 0 amide bonds. The topological polar surface area (TPSA) is 38.0 Å². The Morgan fingerprint density at radius 2 is 1.89 bits per heavy atom. The third kappa shape index (κ3) is 3.34. The molecule has 0 aliphatic carbocycles. The molecule has 3 N–H and O–H groups in total. The highest BCUT2D eigenvalue weighted by atomic mass is 32.1. The van der Waals surface area contributed by atoms with Gasteiger partial charge in [0.15, 0.2) is 0 Å². The summed E-state index contributed by atoms with van der Waals surface area (Å²) in [6.45, 7) is 6.02. The molecule has 0 bridgehead atoms. The van der Waals surface area contributed by atoms with Gasteiger partial charge in [-0.15, -0.1) is 11.3 Å². The number of nitrogens with two attached hydrogens (primary N) is 1. The zero-order valence-corrected chi connectivity index (χ0v) is 11.8. The van der Waals surface area contributed by atoms with Gasteiger partial charge < -0.3 is 11.1 Å². The molecule has 0 aliphatic rings. The molecule has 1 aromatic heterocycles. The van der Waals surface area contributed by atoms with Crippen LogP contribution in [0.2, 0.25) is 0 Å². The Bertz CT molecular complexity index is 517. The van der Waals surface area contributed by atoms with Crippen LogP contribution in [0.15, 0.2) is 30.3 Å². The van der Waals surface area contributed by atoms with E-state index in [4.69, 9.17) is 5.73 Å². The molecule has 0 fully saturated rings. The fourth-order valence-electron chi connectivity index (χ4n) is 1.92. The normalized spacial score (nSPS) is 10.8. The second kappa shape index (κ2) is 6.03. The molecule has 0 spiro atoms. The Balaban J connectivity index is 1.90. The van der Waals surface area contributed by atoms with Gasteiger partial charge in [0.1, 0.15) is 0 Å². The summed E-state index contributed by atoms with van der Waals surface area (Å²) in [5, 5.41) is 3.45. The Morgan fingerprint density at radius 3 is 2.61 bits per heavy atom. The number of anilines is 1. The lowest BCUT2D eigenvalue weighted by Crippen LogP contribution is -2.13. The summed E-state index contributed by atoms with van der Waals surface area (Å²) in [5.41, 5.74) is 9.26. The van der Waals surface area contributed by atoms with Crippen molar-refractivity contribution < 1.29 is 0 Å². The summed E-state index contributed by atoms with van der Waals surface area (Å²) in [6, 6.07) is 10.6. The van der Waals surface area contributed by atoms with Gasteiger partial charge in [0.2, 0.25) is 0 Å². The molecule has 1 aromatic carbocycles. The fraction of sp³-hybridized carbons (Fsp3) is 0.333. The summed E-state index contributed by atoms with van der Waals surface area (Å²) in [6.07, 6.45) is 1.12. The molecule has 0 atom stereocenters. The van der Waals surface area contributed by atoms with E-state index in [-0.39, 0.29) is 0 Å². The molecular formula is C15H20N2S. The molecule has 96 valence electrons. The van der Waals surface area contributed by atoms with E-state index in [1.165, 1.54) is 20.9 Å². The summed E-state index contributed by atoms with van der Waals surface area (Å²) >= 11 is 1.88. The molecule has 0 aliphatic heterocycles. The summed E-state index contributed by atoms with van der Waals surface area (Å²) in [5.74, 6) is 0. The first kappa shape index (κ1) is 13.1. The van der Waals surface area contributed by atoms with Crippen molar-refractivity contribution >= 4 is 17.0 Å². The SMILES string of the molecule is CCc1ccc(CNCc2cc(C)ccc2N)s1. The van der Waals surface area contributed by atoms with Gasteiger partial charge in [-0.25, -0.2) is 0 Å². The molecule has 0 saturated carbocycles. The van der Waals surface area contributed by atoms with Crippen LogP contribution in [0.4, 0.5) is 5.69 Å². The molecular weight excluding hydrogens is 240 g/mol. The van der Waals surface area contributed by atoms with Crippen molar-refractivity contribution in [2.45, 2.75) is 33.4 Å². The lowest BCUT2D eigenvalue weighted by atomic mass is 10.1. The molecule has 3 heteroatoms. The maximum atomic E-state index is 5.96. The van der Waals surface area contributed by atoms with Gasteiger partial charge >= 0.3 is 0 Å². The minimum atomic E-state index is 0.826. The number of nitrogens with one attached hydrogen (secondary N) is 1. The average molecular weight is 260 g/mol. The number of hydrogen-bond donors (Lipinski definition) is 2. The van der Waals surface area contributed by atoms with Crippen molar-refractivity contribution in [2.75, 3.05) is 5.73 Å². The first-order valence-electron chi connectivity index (χ1n) is 6.32. The van der Waals surface area contributed by atoms with Gasteiger partial charge in [0, 0.05) is 28.5 Å². The van der Waals surface area contributed by atoms with Crippen molar-refractivity contribution in [1.29, 1.82) is 0 Å². The van der Waals surface area contributed by atoms with Crippen molar-refractivity contribution in [3.8, 4) is 0 Å². The maximum absolute atomic E-state index is 5.96. The van der Waals surface area contributed by atoms with E-state index in [0.717, 1.165) is 25.2 Å². The second-order valence-electron chi connectivity index (χ2n) is 4.53. The molecule has 2 aromatic rings. The zero-order valence-electron chi connectivity index (χ0n) is 11.0. The van der Waals surface area contributed by atoms with Crippen LogP contribution >= 0.6 is 11.3 Å². The van der Waals surface area contributed by atoms with Crippen molar-refractivity contribution in [3.05, 3.63) is 51.2 Å². The van der Waals surface area contributed by atoms with Crippen molar-refractivity contribution in [2.24, 2.45) is 0 Å². The monoisotopic (exact) mass is 260 g/mol. The summed E-state index contributed by atoms with van der Waals surface area (Å²) in [4.78, 5) is 2.83. The largest absolute Gasteiger partial charge is 0.398 e. The van der Waals surface area contributed by atoms with Crippen LogP contribution in [0.25, 0.3) is 0 Å². The van der Waals surface area contributed by atoms with Gasteiger partial charge in [-0.1, -0.05) is 24.6 Å². The van der Waals surface area contributed by atoms with Gasteiger partial charge in [-0.05, 0) is 37.1 Å². The number of rotatable bonds is 5. The predicted octanol–water partition coefficient (Wildman–Crippen LogP) is 3.49. The fourth-order valence-corrected chi connectivity index (χ4v) is 2.84. The molecule has 0 radical (unpaired) electrons. The Kier molecular flexibility index (Phi) is 4.39. The first-order chi connectivity index (χ1) is 8.69. The number of nitrogen functional groups attached to an aromatic ring is 1. The second-order valence-corrected chi connectivity index (χ2v) is 5.78. The van der Waals surface area contributed by atoms with E-state index in [9.17, 15) is 0 Å². The average Bonchev–Trinajstić information content (AvgIpc) is 2.81. The molecule has 18 heavy (non-hydrogen) atoms. The maximum Gasteiger partial charge on any atom is 0.0359 e. The van der Waals surface area contributed by atoms with E-state index in [2.05, 4.69) is 37.4 Å². The minimum absolute atomic E-state index is 0.826. The quantitative estimate of drug-likeness (QED) is 0.808. The standard InChI is InChI=1S/C15H20N2S/c1-3-13-5-6-14(18-13)10-17-9-12-8-11(2)4-7-15(12)16/h4-8,17H,3,9-10,16H2,1-2H3. The van der Waals surface area contributed by atoms with Gasteiger partial charge in [-0.3, -0.25) is 0 Å². The van der Waals surface area contributed by atoms with Crippen LogP contribution in [-0.4, -0.2) is 0 Å². The highest BCUT2D eigenvalue weighted by Gasteiger charge is 2.01. The van der Waals surface area contributed by atoms with Crippen molar-refractivity contribution in [3.63, 3.8) is 0 Å². The highest BCUT2D eigenvalue weighted by molar-refractivity contribution is 7.11. The molecule has 1 heterocycles. The van der Waals surface area contributed by atoms with E-state index in [1.54, 1.807) is 0 Å². The van der Waals surface area contributed by atoms with Crippen LogP contribution in [0, 0.1) is 6.92 Å². The Morgan fingerprint density at radius 1 is 1.11 bits per heavy atom. The molecule has 0 saturated heterocycles. The Labute approximate surface area is 113 Å². The number of aryl methyl sites for hydroxylation is 2. The minimum Gasteiger partial charge on any atom is -0.398 e. The van der Waals surface area contributed by atoms with Crippen LogP contribution in [0.5, 0.6) is 0 Å². The predicted molar refractivity (Wildman–Crippen MR) is 79.8 cm³/mol. The highest BCUT2D eigenvalue weighted by Crippen LogP contribution is 2.17.